The molecule has 0 spiro atoms. The highest BCUT2D eigenvalue weighted by atomic mass is 35.5. The molecule has 2 rings (SSSR count). The molecular formula is C19H21ClN2O7S. The number of rotatable bonds is 7. The molecule has 30 heavy (non-hydrogen) atoms. The van der Waals surface area contributed by atoms with Crippen molar-refractivity contribution in [2.75, 3.05) is 40.7 Å². The summed E-state index contributed by atoms with van der Waals surface area (Å²) in [6.07, 6.45) is 0. The lowest BCUT2D eigenvalue weighted by Crippen LogP contribution is -2.23. The summed E-state index contributed by atoms with van der Waals surface area (Å²) in [4.78, 5) is 24.9. The largest absolute Gasteiger partial charge is 0.493 e. The van der Waals surface area contributed by atoms with Crippen molar-refractivity contribution in [3.63, 3.8) is 0 Å². The van der Waals surface area contributed by atoms with Gasteiger partial charge >= 0.3 is 5.97 Å². The maximum atomic E-state index is 12.9. The van der Waals surface area contributed by atoms with Crippen molar-refractivity contribution in [3.8, 4) is 11.5 Å². The summed E-state index contributed by atoms with van der Waals surface area (Å²) in [5.41, 5.74) is -0.0108. The van der Waals surface area contributed by atoms with Crippen LogP contribution < -0.4 is 14.8 Å². The van der Waals surface area contributed by atoms with Crippen LogP contribution in [0.3, 0.4) is 0 Å². The van der Waals surface area contributed by atoms with Crippen LogP contribution in [-0.4, -0.2) is 60.0 Å². The average Bonchev–Trinajstić information content (AvgIpc) is 2.72. The number of halogens is 1. The Hall–Kier alpha value is -2.82. The maximum Gasteiger partial charge on any atom is 0.340 e. The lowest BCUT2D eigenvalue weighted by atomic mass is 10.1. The highest BCUT2D eigenvalue weighted by molar-refractivity contribution is 7.89. The van der Waals surface area contributed by atoms with Crippen LogP contribution in [0.2, 0.25) is 5.02 Å². The van der Waals surface area contributed by atoms with Crippen LogP contribution in [0.15, 0.2) is 35.2 Å². The van der Waals surface area contributed by atoms with Gasteiger partial charge in [0.1, 0.15) is 0 Å². The summed E-state index contributed by atoms with van der Waals surface area (Å²) in [5, 5.41) is 2.58. The van der Waals surface area contributed by atoms with Crippen LogP contribution in [-0.2, 0) is 14.8 Å². The van der Waals surface area contributed by atoms with Gasteiger partial charge in [0.25, 0.3) is 5.91 Å². The molecular weight excluding hydrogens is 436 g/mol. The second-order valence-corrected chi connectivity index (χ2v) is 8.69. The van der Waals surface area contributed by atoms with Gasteiger partial charge in [0.15, 0.2) is 11.5 Å². The normalized spacial score (nSPS) is 11.2. The van der Waals surface area contributed by atoms with E-state index in [0.717, 1.165) is 10.4 Å². The van der Waals surface area contributed by atoms with Crippen molar-refractivity contribution >= 4 is 39.2 Å². The van der Waals surface area contributed by atoms with E-state index in [2.05, 4.69) is 5.32 Å². The van der Waals surface area contributed by atoms with Gasteiger partial charge in [-0.25, -0.2) is 17.5 Å². The van der Waals surface area contributed by atoms with Crippen LogP contribution in [0.25, 0.3) is 0 Å². The zero-order valence-electron chi connectivity index (χ0n) is 17.0. The molecule has 2 aromatic rings. The first-order chi connectivity index (χ1) is 14.1. The van der Waals surface area contributed by atoms with Gasteiger partial charge in [-0.2, -0.15) is 0 Å². The summed E-state index contributed by atoms with van der Waals surface area (Å²) >= 11 is 6.12. The van der Waals surface area contributed by atoms with Gasteiger partial charge in [-0.1, -0.05) is 11.6 Å². The van der Waals surface area contributed by atoms with Gasteiger partial charge in [0.05, 0.1) is 48.1 Å². The Morgan fingerprint density at radius 3 is 2.10 bits per heavy atom. The first-order valence-electron chi connectivity index (χ1n) is 8.44. The zero-order chi connectivity index (χ0) is 22.6. The van der Waals surface area contributed by atoms with E-state index in [9.17, 15) is 18.0 Å². The topological polar surface area (TPSA) is 111 Å². The van der Waals surface area contributed by atoms with Crippen LogP contribution in [0, 0.1) is 0 Å². The van der Waals surface area contributed by atoms with E-state index in [1.165, 1.54) is 59.7 Å². The molecule has 1 amide bonds. The fourth-order valence-corrected chi connectivity index (χ4v) is 3.63. The van der Waals surface area contributed by atoms with E-state index in [-0.39, 0.29) is 38.2 Å². The van der Waals surface area contributed by atoms with E-state index in [1.807, 2.05) is 0 Å². The number of amides is 1. The van der Waals surface area contributed by atoms with Crippen molar-refractivity contribution in [2.24, 2.45) is 0 Å². The number of hydrogen-bond donors (Lipinski definition) is 1. The third kappa shape index (κ3) is 4.66. The summed E-state index contributed by atoms with van der Waals surface area (Å²) in [6, 6.07) is 6.51. The molecule has 2 aromatic carbocycles. The van der Waals surface area contributed by atoms with Gasteiger partial charge in [-0.15, -0.1) is 0 Å². The van der Waals surface area contributed by atoms with Crippen molar-refractivity contribution < 1.29 is 32.2 Å². The van der Waals surface area contributed by atoms with Crippen molar-refractivity contribution in [3.05, 3.63) is 46.5 Å². The predicted octanol–water partition coefficient (Wildman–Crippen LogP) is 2.65. The molecule has 0 unspecified atom stereocenters. The predicted molar refractivity (Wildman–Crippen MR) is 111 cm³/mol. The summed E-state index contributed by atoms with van der Waals surface area (Å²) in [7, 11) is 2.94. The monoisotopic (exact) mass is 456 g/mol. The SMILES string of the molecule is COC(=O)c1cc(OC)c(OC)cc1NC(=O)c1cc(S(=O)(=O)N(C)C)ccc1Cl. The Morgan fingerprint density at radius 1 is 0.967 bits per heavy atom. The summed E-state index contributed by atoms with van der Waals surface area (Å²) in [5.74, 6) is -0.932. The molecule has 0 aliphatic rings. The lowest BCUT2D eigenvalue weighted by molar-refractivity contribution is 0.0601. The first-order valence-corrected chi connectivity index (χ1v) is 10.3. The third-order valence-electron chi connectivity index (χ3n) is 4.14. The van der Waals surface area contributed by atoms with Crippen molar-refractivity contribution in [1.82, 2.24) is 4.31 Å². The molecule has 9 nitrogen and oxygen atoms in total. The Kier molecular flexibility index (Phi) is 7.30. The molecule has 1 N–H and O–H groups in total. The number of sulfonamides is 1. The molecule has 0 saturated carbocycles. The third-order valence-corrected chi connectivity index (χ3v) is 6.28. The Labute approximate surface area is 179 Å². The summed E-state index contributed by atoms with van der Waals surface area (Å²) < 4.78 is 40.9. The Morgan fingerprint density at radius 2 is 1.57 bits per heavy atom. The molecule has 0 atom stereocenters. The second-order valence-electron chi connectivity index (χ2n) is 6.13. The minimum Gasteiger partial charge on any atom is -0.493 e. The Bertz CT molecular complexity index is 1080. The number of carbonyl (C=O) groups excluding carboxylic acids is 2. The number of ether oxygens (including phenoxy) is 3. The highest BCUT2D eigenvalue weighted by Crippen LogP contribution is 2.34. The van der Waals surface area contributed by atoms with Gasteiger partial charge in [-0.3, -0.25) is 4.79 Å². The zero-order valence-corrected chi connectivity index (χ0v) is 18.6. The first kappa shape index (κ1) is 23.5. The fourth-order valence-electron chi connectivity index (χ4n) is 2.50. The molecule has 0 fully saturated rings. The highest BCUT2D eigenvalue weighted by Gasteiger charge is 2.23. The molecule has 0 aromatic heterocycles. The number of carbonyl (C=O) groups is 2. The van der Waals surface area contributed by atoms with E-state index in [4.69, 9.17) is 25.8 Å². The molecule has 0 aliphatic heterocycles. The fraction of sp³-hybridized carbons (Fsp3) is 0.263. The van der Waals surface area contributed by atoms with Gasteiger partial charge in [0.2, 0.25) is 10.0 Å². The molecule has 0 radical (unpaired) electrons. The van der Waals surface area contributed by atoms with Crippen LogP contribution >= 0.6 is 11.6 Å². The molecule has 0 aliphatic carbocycles. The van der Waals surface area contributed by atoms with Crippen LogP contribution in [0.1, 0.15) is 20.7 Å². The standard InChI is InChI=1S/C19H21ClN2O7S/c1-22(2)30(25,26)11-6-7-14(20)12(8-11)18(23)21-15-10-17(28-4)16(27-3)9-13(15)19(24)29-5/h6-10H,1-5H3,(H,21,23). The number of hydrogen-bond acceptors (Lipinski definition) is 7. The minimum absolute atomic E-state index is 0.0108. The number of nitrogens with one attached hydrogen (secondary N) is 1. The minimum atomic E-state index is -3.78. The number of esters is 1. The quantitative estimate of drug-likeness (QED) is 0.637. The smallest absolute Gasteiger partial charge is 0.340 e. The van der Waals surface area contributed by atoms with Crippen LogP contribution in [0.5, 0.6) is 11.5 Å². The van der Waals surface area contributed by atoms with E-state index >= 15 is 0 Å². The van der Waals surface area contributed by atoms with Gasteiger partial charge in [-0.05, 0) is 18.2 Å². The maximum absolute atomic E-state index is 12.9. The number of anilines is 1. The van der Waals surface area contributed by atoms with Crippen molar-refractivity contribution in [1.29, 1.82) is 0 Å². The average molecular weight is 457 g/mol. The van der Waals surface area contributed by atoms with E-state index < -0.39 is 21.9 Å². The van der Waals surface area contributed by atoms with Crippen molar-refractivity contribution in [2.45, 2.75) is 4.90 Å². The molecule has 0 bridgehead atoms. The number of benzene rings is 2. The molecule has 0 heterocycles. The summed E-state index contributed by atoms with van der Waals surface area (Å²) in [6.45, 7) is 0. The van der Waals surface area contributed by atoms with E-state index in [1.54, 1.807) is 0 Å². The number of methoxy groups -OCH3 is 3. The second kappa shape index (κ2) is 9.33. The molecule has 0 saturated heterocycles. The van der Waals surface area contributed by atoms with Crippen LogP contribution in [0.4, 0.5) is 5.69 Å². The van der Waals surface area contributed by atoms with Gasteiger partial charge < -0.3 is 19.5 Å². The lowest BCUT2D eigenvalue weighted by Gasteiger charge is -2.16. The Balaban J connectivity index is 2.53. The van der Waals surface area contributed by atoms with Gasteiger partial charge in [0, 0.05) is 26.2 Å². The molecule has 162 valence electrons. The molecule has 11 heteroatoms. The number of nitrogens with zero attached hydrogens (tertiary/aromatic N) is 1. The van der Waals surface area contributed by atoms with E-state index in [0.29, 0.717) is 0 Å².